The number of carbonyl (C=O) groups is 1. The zero-order valence-corrected chi connectivity index (χ0v) is 11.2. The number of carbonyl (C=O) groups excluding carboxylic acids is 1. The maximum Gasteiger partial charge on any atom is 0.294 e. The van der Waals surface area contributed by atoms with Gasteiger partial charge in [0.1, 0.15) is 0 Å². The lowest BCUT2D eigenvalue weighted by Gasteiger charge is -2.01. The zero-order valence-electron chi connectivity index (χ0n) is 10.4. The Labute approximate surface area is 113 Å². The highest BCUT2D eigenvalue weighted by Crippen LogP contribution is 2.25. The summed E-state index contributed by atoms with van der Waals surface area (Å²) < 4.78 is 5.96. The quantitative estimate of drug-likeness (QED) is 0.778. The van der Waals surface area contributed by atoms with Gasteiger partial charge in [-0.15, -0.1) is 11.3 Å². The molecule has 0 bridgehead atoms. The van der Waals surface area contributed by atoms with Crippen molar-refractivity contribution in [2.45, 2.75) is 13.8 Å². The summed E-state index contributed by atoms with van der Waals surface area (Å²) in [6, 6.07) is 7.22. The number of thiazole rings is 1. The highest BCUT2D eigenvalue weighted by Gasteiger charge is 2.12. The molecule has 0 aliphatic carbocycles. The average Bonchev–Trinajstić information content (AvgIpc) is 2.93. The first-order valence-electron chi connectivity index (χ1n) is 5.74. The Morgan fingerprint density at radius 3 is 2.89 bits per heavy atom. The average molecular weight is 273 g/mol. The van der Waals surface area contributed by atoms with Crippen molar-refractivity contribution in [3.05, 3.63) is 40.7 Å². The van der Waals surface area contributed by atoms with E-state index in [1.807, 2.05) is 25.1 Å². The molecule has 0 aliphatic rings. The molecule has 96 valence electrons. The Hall–Kier alpha value is -2.21. The molecular weight excluding hydrogens is 262 g/mol. The predicted octanol–water partition coefficient (Wildman–Crippen LogP) is 3.15. The van der Waals surface area contributed by atoms with E-state index in [0.717, 1.165) is 20.9 Å². The van der Waals surface area contributed by atoms with Crippen LogP contribution < -0.4 is 5.32 Å². The topological polar surface area (TPSA) is 68.0 Å². The number of nitrogens with one attached hydrogen (secondary N) is 1. The highest BCUT2D eigenvalue weighted by atomic mass is 32.1. The summed E-state index contributed by atoms with van der Waals surface area (Å²) in [5, 5.41) is 7.47. The van der Waals surface area contributed by atoms with Gasteiger partial charge < -0.3 is 9.84 Å². The van der Waals surface area contributed by atoms with Crippen molar-refractivity contribution in [3.63, 3.8) is 0 Å². The lowest BCUT2D eigenvalue weighted by molar-refractivity contribution is 0.0988. The molecule has 0 atom stereocenters. The summed E-state index contributed by atoms with van der Waals surface area (Å²) in [6.45, 7) is 3.73. The van der Waals surface area contributed by atoms with Gasteiger partial charge in [-0.05, 0) is 32.0 Å². The van der Waals surface area contributed by atoms with Crippen molar-refractivity contribution >= 4 is 33.1 Å². The van der Waals surface area contributed by atoms with Gasteiger partial charge in [0.25, 0.3) is 5.91 Å². The Balaban J connectivity index is 1.86. The largest absolute Gasteiger partial charge is 0.351 e. The SMILES string of the molecule is Cc1cc(C(=O)Nc2ccc3nc(C)sc3c2)on1. The number of anilines is 1. The number of fused-ring (bicyclic) bond motifs is 1. The molecule has 0 spiro atoms. The van der Waals surface area contributed by atoms with Gasteiger partial charge in [-0.2, -0.15) is 0 Å². The Morgan fingerprint density at radius 1 is 1.32 bits per heavy atom. The predicted molar refractivity (Wildman–Crippen MR) is 73.6 cm³/mol. The molecule has 0 aliphatic heterocycles. The molecule has 0 saturated heterocycles. The van der Waals surface area contributed by atoms with Gasteiger partial charge in [0.05, 0.1) is 20.9 Å². The number of hydrogen-bond acceptors (Lipinski definition) is 5. The first kappa shape index (κ1) is 11.9. The van der Waals surface area contributed by atoms with Crippen LogP contribution in [0.3, 0.4) is 0 Å². The van der Waals surface area contributed by atoms with Crippen molar-refractivity contribution in [2.75, 3.05) is 5.32 Å². The van der Waals surface area contributed by atoms with E-state index in [1.165, 1.54) is 0 Å². The van der Waals surface area contributed by atoms with Crippen molar-refractivity contribution in [1.29, 1.82) is 0 Å². The van der Waals surface area contributed by atoms with E-state index in [0.29, 0.717) is 5.69 Å². The monoisotopic (exact) mass is 273 g/mol. The van der Waals surface area contributed by atoms with E-state index >= 15 is 0 Å². The molecule has 1 aromatic carbocycles. The van der Waals surface area contributed by atoms with Gasteiger partial charge in [-0.3, -0.25) is 4.79 Å². The maximum absolute atomic E-state index is 11.9. The van der Waals surface area contributed by atoms with Crippen LogP contribution in [0.1, 0.15) is 21.3 Å². The third kappa shape index (κ3) is 2.34. The lowest BCUT2D eigenvalue weighted by Crippen LogP contribution is -2.10. The van der Waals surface area contributed by atoms with Crippen LogP contribution in [0.2, 0.25) is 0 Å². The van der Waals surface area contributed by atoms with Crippen LogP contribution >= 0.6 is 11.3 Å². The molecule has 0 fully saturated rings. The molecule has 3 aromatic rings. The molecule has 19 heavy (non-hydrogen) atoms. The second kappa shape index (κ2) is 4.47. The number of aryl methyl sites for hydroxylation is 2. The fraction of sp³-hybridized carbons (Fsp3) is 0.154. The van der Waals surface area contributed by atoms with Crippen LogP contribution in [-0.4, -0.2) is 16.0 Å². The summed E-state index contributed by atoms with van der Waals surface area (Å²) in [4.78, 5) is 16.3. The summed E-state index contributed by atoms with van der Waals surface area (Å²) in [5.74, 6) is -0.0979. The second-order valence-corrected chi connectivity index (χ2v) is 5.44. The van der Waals surface area contributed by atoms with Gasteiger partial charge >= 0.3 is 0 Å². The molecule has 5 nitrogen and oxygen atoms in total. The Kier molecular flexibility index (Phi) is 2.79. The minimum absolute atomic E-state index is 0.207. The lowest BCUT2D eigenvalue weighted by atomic mass is 10.3. The number of nitrogens with zero attached hydrogens (tertiary/aromatic N) is 2. The van der Waals surface area contributed by atoms with Gasteiger partial charge in [0.15, 0.2) is 0 Å². The Morgan fingerprint density at radius 2 is 2.16 bits per heavy atom. The molecule has 1 N–H and O–H groups in total. The molecule has 0 radical (unpaired) electrons. The van der Waals surface area contributed by atoms with Crippen LogP contribution in [0.15, 0.2) is 28.8 Å². The van der Waals surface area contributed by atoms with Crippen LogP contribution in [0.4, 0.5) is 5.69 Å². The van der Waals surface area contributed by atoms with Crippen LogP contribution in [0.5, 0.6) is 0 Å². The molecule has 3 rings (SSSR count). The standard InChI is InChI=1S/C13H11N3O2S/c1-7-5-11(18-16-7)13(17)15-9-3-4-10-12(6-9)19-8(2)14-10/h3-6H,1-2H3,(H,15,17). The van der Waals surface area contributed by atoms with Crippen molar-refractivity contribution in [2.24, 2.45) is 0 Å². The molecule has 2 aromatic heterocycles. The second-order valence-electron chi connectivity index (χ2n) is 4.20. The van der Waals surface area contributed by atoms with Gasteiger partial charge in [-0.25, -0.2) is 4.98 Å². The summed E-state index contributed by atoms with van der Waals surface area (Å²) in [7, 11) is 0. The number of aromatic nitrogens is 2. The van der Waals surface area contributed by atoms with Crippen molar-refractivity contribution in [3.8, 4) is 0 Å². The van der Waals surface area contributed by atoms with Gasteiger partial charge in [0, 0.05) is 11.8 Å². The van der Waals surface area contributed by atoms with E-state index in [4.69, 9.17) is 4.52 Å². The molecule has 2 heterocycles. The van der Waals surface area contributed by atoms with Crippen LogP contribution in [0, 0.1) is 13.8 Å². The van der Waals surface area contributed by atoms with E-state index < -0.39 is 0 Å². The zero-order chi connectivity index (χ0) is 13.4. The summed E-state index contributed by atoms with van der Waals surface area (Å²) in [5.41, 5.74) is 2.34. The fourth-order valence-corrected chi connectivity index (χ4v) is 2.65. The first-order valence-corrected chi connectivity index (χ1v) is 6.55. The number of amides is 1. The van der Waals surface area contributed by atoms with E-state index in [9.17, 15) is 4.79 Å². The van der Waals surface area contributed by atoms with E-state index in [2.05, 4.69) is 15.5 Å². The van der Waals surface area contributed by atoms with Crippen molar-refractivity contribution in [1.82, 2.24) is 10.1 Å². The normalized spacial score (nSPS) is 10.8. The van der Waals surface area contributed by atoms with Gasteiger partial charge in [-0.1, -0.05) is 5.16 Å². The molecular formula is C13H11N3O2S. The third-order valence-electron chi connectivity index (χ3n) is 2.60. The third-order valence-corrected chi connectivity index (χ3v) is 3.54. The Bertz CT molecular complexity index is 760. The minimum Gasteiger partial charge on any atom is -0.351 e. The fourth-order valence-electron chi connectivity index (χ4n) is 1.78. The van der Waals surface area contributed by atoms with Crippen LogP contribution in [0.25, 0.3) is 10.2 Å². The van der Waals surface area contributed by atoms with E-state index in [-0.39, 0.29) is 11.7 Å². The van der Waals surface area contributed by atoms with Crippen LogP contribution in [-0.2, 0) is 0 Å². The number of benzene rings is 1. The smallest absolute Gasteiger partial charge is 0.294 e. The summed E-state index contributed by atoms with van der Waals surface area (Å²) >= 11 is 1.60. The van der Waals surface area contributed by atoms with Crippen molar-refractivity contribution < 1.29 is 9.32 Å². The number of hydrogen-bond donors (Lipinski definition) is 1. The molecule has 0 unspecified atom stereocenters. The minimum atomic E-state index is -0.304. The highest BCUT2D eigenvalue weighted by molar-refractivity contribution is 7.18. The first-order chi connectivity index (χ1) is 9.11. The summed E-state index contributed by atoms with van der Waals surface area (Å²) in [6.07, 6.45) is 0. The molecule has 0 saturated carbocycles. The molecule has 6 heteroatoms. The number of rotatable bonds is 2. The molecule has 1 amide bonds. The maximum atomic E-state index is 11.9. The van der Waals surface area contributed by atoms with E-state index in [1.54, 1.807) is 24.3 Å². The van der Waals surface area contributed by atoms with Gasteiger partial charge in [0.2, 0.25) is 5.76 Å².